The van der Waals surface area contributed by atoms with E-state index in [2.05, 4.69) is 10.1 Å². The van der Waals surface area contributed by atoms with E-state index < -0.39 is 28.5 Å². The van der Waals surface area contributed by atoms with Crippen LogP contribution in [-0.2, 0) is 14.4 Å². The van der Waals surface area contributed by atoms with E-state index in [9.17, 15) is 14.4 Å². The zero-order chi connectivity index (χ0) is 26.4. The molecule has 3 rings (SSSR count). The van der Waals surface area contributed by atoms with Gasteiger partial charge in [-0.15, -0.1) is 0 Å². The molecule has 1 unspecified atom stereocenters. The second-order valence-corrected chi connectivity index (χ2v) is 9.53. The quantitative estimate of drug-likeness (QED) is 0.305. The van der Waals surface area contributed by atoms with Crippen LogP contribution in [0.1, 0.15) is 19.3 Å². The lowest BCUT2D eigenvalue weighted by Gasteiger charge is -2.24. The highest BCUT2D eigenvalue weighted by molar-refractivity contribution is 6.54. The Hall–Kier alpha value is -2.69. The number of nitrogens with two attached hydrogens (primary N) is 1. The van der Waals surface area contributed by atoms with Crippen molar-refractivity contribution in [3.05, 3.63) is 52.6 Å². The van der Waals surface area contributed by atoms with E-state index in [-0.39, 0.29) is 31.6 Å². The fourth-order valence-corrected chi connectivity index (χ4v) is 4.14. The zero-order valence-corrected chi connectivity index (χ0v) is 21.6. The molecule has 1 atom stereocenters. The number of carbonyl (C=O) groups excluding carboxylic acids is 2. The van der Waals surface area contributed by atoms with Gasteiger partial charge in [-0.25, -0.2) is 0 Å². The number of carboxylic acids is 1. The van der Waals surface area contributed by atoms with Crippen LogP contribution < -0.4 is 10.6 Å². The summed E-state index contributed by atoms with van der Waals surface area (Å²) in [7, 11) is 0. The molecule has 9 nitrogen and oxygen atoms in total. The molecule has 0 aliphatic rings. The molecule has 0 saturated heterocycles. The van der Waals surface area contributed by atoms with Crippen molar-refractivity contribution in [1.82, 2.24) is 10.1 Å². The summed E-state index contributed by atoms with van der Waals surface area (Å²) in [4.78, 5) is 39.9. The topological polar surface area (TPSA) is 140 Å². The van der Waals surface area contributed by atoms with Crippen LogP contribution in [0.2, 0.25) is 10.0 Å². The van der Waals surface area contributed by atoms with Crippen molar-refractivity contribution in [2.24, 2.45) is 5.73 Å². The number of carbonyl (C=O) groups is 3. The molecular formula is C23H20Cl4N4O5. The van der Waals surface area contributed by atoms with Crippen LogP contribution >= 0.6 is 46.4 Å². The van der Waals surface area contributed by atoms with E-state index in [0.29, 0.717) is 32.7 Å². The van der Waals surface area contributed by atoms with Crippen LogP contribution in [0.3, 0.4) is 0 Å². The average Bonchev–Trinajstić information content (AvgIpc) is 3.32. The number of nitrogens with zero attached hydrogens (tertiary/aromatic N) is 3. The van der Waals surface area contributed by atoms with Crippen LogP contribution in [-0.4, -0.2) is 50.3 Å². The van der Waals surface area contributed by atoms with E-state index in [1.807, 2.05) is 0 Å². The van der Waals surface area contributed by atoms with Gasteiger partial charge in [0.2, 0.25) is 0 Å². The first-order chi connectivity index (χ1) is 17.1. The lowest BCUT2D eigenvalue weighted by Crippen LogP contribution is -2.39. The summed E-state index contributed by atoms with van der Waals surface area (Å²) in [6.45, 7) is -0.0886. The molecule has 3 aromatic rings. The van der Waals surface area contributed by atoms with Crippen molar-refractivity contribution in [1.29, 1.82) is 0 Å². The molecule has 1 amide bonds. The molecule has 0 radical (unpaired) electrons. The minimum absolute atomic E-state index is 0.0154. The largest absolute Gasteiger partial charge is 0.481 e. The van der Waals surface area contributed by atoms with Gasteiger partial charge in [0, 0.05) is 42.9 Å². The van der Waals surface area contributed by atoms with Crippen LogP contribution in [0.4, 0.5) is 5.69 Å². The third-order valence-corrected chi connectivity index (χ3v) is 6.16. The number of carboxylic acid groups (broad SMARTS) is 1. The zero-order valence-electron chi connectivity index (χ0n) is 18.5. The van der Waals surface area contributed by atoms with Crippen LogP contribution in [0.15, 0.2) is 47.1 Å². The molecule has 0 fully saturated rings. The molecule has 1 aromatic carbocycles. The van der Waals surface area contributed by atoms with Gasteiger partial charge in [0.25, 0.3) is 5.91 Å². The Morgan fingerprint density at radius 1 is 1.06 bits per heavy atom. The Balaban J connectivity index is 1.84. The predicted octanol–water partition coefficient (Wildman–Crippen LogP) is 5.00. The number of amides is 1. The maximum Gasteiger partial charge on any atom is 0.303 e. The second kappa shape index (κ2) is 12.5. The van der Waals surface area contributed by atoms with Gasteiger partial charge in [0.1, 0.15) is 11.4 Å². The number of anilines is 1. The van der Waals surface area contributed by atoms with Crippen molar-refractivity contribution >= 4 is 69.8 Å². The number of hydrogen-bond donors (Lipinski definition) is 2. The van der Waals surface area contributed by atoms with Crippen LogP contribution in [0, 0.1) is 0 Å². The molecule has 2 heterocycles. The van der Waals surface area contributed by atoms with Crippen LogP contribution in [0.5, 0.6) is 0 Å². The normalized spacial score (nSPS) is 11.9. The fraction of sp³-hybridized carbons (Fsp3) is 0.261. The first-order valence-electron chi connectivity index (χ1n) is 10.6. The molecule has 0 aliphatic heterocycles. The molecule has 36 heavy (non-hydrogen) atoms. The van der Waals surface area contributed by atoms with Crippen molar-refractivity contribution in [3.8, 4) is 22.7 Å². The fourth-order valence-electron chi connectivity index (χ4n) is 3.31. The van der Waals surface area contributed by atoms with E-state index in [1.165, 1.54) is 17.2 Å². The number of benzene rings is 1. The number of Topliss-reactive ketones (excluding diaryl/α,β-unsaturated/α-hetero) is 1. The smallest absolute Gasteiger partial charge is 0.303 e. The van der Waals surface area contributed by atoms with Gasteiger partial charge in [-0.1, -0.05) is 57.6 Å². The first kappa shape index (κ1) is 27.9. The maximum atomic E-state index is 12.7. The van der Waals surface area contributed by atoms with Gasteiger partial charge < -0.3 is 20.3 Å². The highest BCUT2D eigenvalue weighted by Gasteiger charge is 2.25. The predicted molar refractivity (Wildman–Crippen MR) is 138 cm³/mol. The Bertz CT molecular complexity index is 1250. The Kier molecular flexibility index (Phi) is 9.69. The SMILES string of the molecule is NC(CCC(=O)O)C(=O)CCN(C(=O)C(Cl)Cl)c1ccnc(-c2cc(-c3c(Cl)cccc3Cl)no2)c1. The molecule has 0 spiro atoms. The molecule has 190 valence electrons. The van der Waals surface area contributed by atoms with Crippen LogP contribution in [0.25, 0.3) is 22.7 Å². The number of rotatable bonds is 11. The van der Waals surface area contributed by atoms with Gasteiger partial charge in [0.15, 0.2) is 16.4 Å². The third-order valence-electron chi connectivity index (χ3n) is 5.15. The number of aromatic nitrogens is 2. The minimum atomic E-state index is -1.39. The van der Waals surface area contributed by atoms with E-state index in [1.54, 1.807) is 30.3 Å². The summed E-state index contributed by atoms with van der Waals surface area (Å²) < 4.78 is 5.43. The van der Waals surface area contributed by atoms with E-state index >= 15 is 0 Å². The molecule has 0 bridgehead atoms. The molecule has 3 N–H and O–H groups in total. The molecule has 13 heteroatoms. The maximum absolute atomic E-state index is 12.7. The third kappa shape index (κ3) is 6.96. The van der Waals surface area contributed by atoms with Crippen molar-refractivity contribution in [3.63, 3.8) is 0 Å². The van der Waals surface area contributed by atoms with Gasteiger partial charge in [0.05, 0.1) is 16.1 Å². The number of ketones is 1. The van der Waals surface area contributed by atoms with E-state index in [4.69, 9.17) is 61.8 Å². The van der Waals surface area contributed by atoms with E-state index in [0.717, 1.165) is 0 Å². The Morgan fingerprint density at radius 3 is 2.39 bits per heavy atom. The summed E-state index contributed by atoms with van der Waals surface area (Å²) in [5.41, 5.74) is 7.34. The Morgan fingerprint density at radius 2 is 1.75 bits per heavy atom. The van der Waals surface area contributed by atoms with Crippen molar-refractivity contribution in [2.75, 3.05) is 11.4 Å². The molecular weight excluding hydrogens is 554 g/mol. The summed E-state index contributed by atoms with van der Waals surface area (Å²) in [5.74, 6) is -1.85. The summed E-state index contributed by atoms with van der Waals surface area (Å²) >= 11 is 24.1. The lowest BCUT2D eigenvalue weighted by atomic mass is 10.0. The standard InChI is InChI=1S/C23H20Cl4N4O5/c24-13-2-1-3-14(25)21(13)17-11-19(36-30-17)16-10-12(6-8-29-16)31(23(35)22(26)27)9-7-18(32)15(28)4-5-20(33)34/h1-3,6,8,10-11,15,22H,4-5,7,9,28H2,(H,33,34). The average molecular weight is 574 g/mol. The first-order valence-corrected chi connectivity index (χ1v) is 12.2. The second-order valence-electron chi connectivity index (χ2n) is 7.62. The summed E-state index contributed by atoms with van der Waals surface area (Å²) in [6, 6.07) is 8.75. The highest BCUT2D eigenvalue weighted by Crippen LogP contribution is 2.36. The molecule has 0 saturated carbocycles. The summed E-state index contributed by atoms with van der Waals surface area (Å²) in [5, 5.41) is 13.6. The lowest BCUT2D eigenvalue weighted by molar-refractivity contribution is -0.137. The highest BCUT2D eigenvalue weighted by atomic mass is 35.5. The number of halogens is 4. The molecule has 0 aliphatic carbocycles. The number of alkyl halides is 2. The van der Waals surface area contributed by atoms with Gasteiger partial charge in [-0.2, -0.15) is 0 Å². The molecule has 2 aromatic heterocycles. The minimum Gasteiger partial charge on any atom is -0.481 e. The number of hydrogen-bond acceptors (Lipinski definition) is 7. The van der Waals surface area contributed by atoms with Crippen molar-refractivity contribution in [2.45, 2.75) is 30.1 Å². The monoisotopic (exact) mass is 572 g/mol. The summed E-state index contributed by atoms with van der Waals surface area (Å²) in [6.07, 6.45) is 1.04. The van der Waals surface area contributed by atoms with Crippen molar-refractivity contribution < 1.29 is 24.0 Å². The van der Waals surface area contributed by atoms with Gasteiger partial charge in [-0.05, 0) is 30.7 Å². The van der Waals surface area contributed by atoms with Gasteiger partial charge >= 0.3 is 5.97 Å². The number of pyridine rings is 1. The Labute approximate surface area is 226 Å². The van der Waals surface area contributed by atoms with Gasteiger partial charge in [-0.3, -0.25) is 19.4 Å². The number of aliphatic carboxylic acids is 1.